The number of nitrogens with two attached hydrogens (primary N) is 1. The highest BCUT2D eigenvalue weighted by atomic mass is 16.6. The predicted molar refractivity (Wildman–Crippen MR) is 119 cm³/mol. The maximum absolute atomic E-state index is 12.4. The largest absolute Gasteiger partial charge is 0.494 e. The molecule has 31 heavy (non-hydrogen) atoms. The van der Waals surface area contributed by atoms with Crippen molar-refractivity contribution in [3.8, 4) is 0 Å². The fourth-order valence-corrected chi connectivity index (χ4v) is 5.39. The molecular formula is C23H33N5O3. The summed E-state index contributed by atoms with van der Waals surface area (Å²) in [5, 5.41) is 0. The molecule has 0 radical (unpaired) electrons. The van der Waals surface area contributed by atoms with E-state index in [2.05, 4.69) is 9.88 Å². The Morgan fingerprint density at radius 2 is 1.84 bits per heavy atom. The van der Waals surface area contributed by atoms with Crippen molar-refractivity contribution in [2.45, 2.75) is 71.0 Å². The van der Waals surface area contributed by atoms with Crippen molar-refractivity contribution in [3.63, 3.8) is 0 Å². The van der Waals surface area contributed by atoms with Crippen LogP contribution < -0.4 is 10.6 Å². The van der Waals surface area contributed by atoms with E-state index in [9.17, 15) is 4.79 Å². The Bertz CT molecular complexity index is 915. The Balaban J connectivity index is 1.37. The fraction of sp³-hybridized carbons (Fsp3) is 0.696. The van der Waals surface area contributed by atoms with Crippen molar-refractivity contribution in [2.75, 3.05) is 36.8 Å². The van der Waals surface area contributed by atoms with Gasteiger partial charge in [0.1, 0.15) is 23.3 Å². The molecule has 8 heteroatoms. The zero-order valence-electron chi connectivity index (χ0n) is 18.8. The van der Waals surface area contributed by atoms with Gasteiger partial charge in [-0.25, -0.2) is 9.78 Å². The Labute approximate surface area is 183 Å². The van der Waals surface area contributed by atoms with E-state index in [0.717, 1.165) is 43.0 Å². The number of nitrogens with zero attached hydrogens (tertiary/aromatic N) is 4. The van der Waals surface area contributed by atoms with Crippen LogP contribution in [0.3, 0.4) is 0 Å². The van der Waals surface area contributed by atoms with E-state index in [1.54, 1.807) is 4.90 Å². The molecule has 8 nitrogen and oxygen atoms in total. The van der Waals surface area contributed by atoms with Crippen LogP contribution in [-0.2, 0) is 15.9 Å². The first kappa shape index (κ1) is 20.4. The van der Waals surface area contributed by atoms with Crippen LogP contribution in [0.4, 0.5) is 16.6 Å². The van der Waals surface area contributed by atoms with Crippen molar-refractivity contribution in [1.82, 2.24) is 14.9 Å². The number of piperazine rings is 1. The van der Waals surface area contributed by atoms with Gasteiger partial charge in [0.15, 0.2) is 0 Å². The summed E-state index contributed by atoms with van der Waals surface area (Å²) in [4.78, 5) is 25.8. The second-order valence-electron chi connectivity index (χ2n) is 10.1. The fourth-order valence-electron chi connectivity index (χ4n) is 5.39. The molecule has 0 bridgehead atoms. The highest BCUT2D eigenvalue weighted by molar-refractivity contribution is 5.77. The maximum atomic E-state index is 12.4. The van der Waals surface area contributed by atoms with Gasteiger partial charge in [0, 0.05) is 49.7 Å². The highest BCUT2D eigenvalue weighted by Gasteiger charge is 2.43. The molecule has 0 spiro atoms. The number of hydrogen-bond donors (Lipinski definition) is 1. The Kier molecular flexibility index (Phi) is 4.98. The Morgan fingerprint density at radius 1 is 1.10 bits per heavy atom. The number of ether oxygens (including phenoxy) is 2. The molecule has 4 aliphatic rings. The number of anilines is 2. The number of hydrogen-bond acceptors (Lipinski definition) is 7. The van der Waals surface area contributed by atoms with Gasteiger partial charge in [0.05, 0.1) is 5.69 Å². The van der Waals surface area contributed by atoms with E-state index in [-0.39, 0.29) is 6.09 Å². The summed E-state index contributed by atoms with van der Waals surface area (Å²) >= 11 is 0. The summed E-state index contributed by atoms with van der Waals surface area (Å²) in [5.74, 6) is 2.81. The van der Waals surface area contributed by atoms with Crippen LogP contribution >= 0.6 is 0 Å². The summed E-state index contributed by atoms with van der Waals surface area (Å²) < 4.78 is 11.9. The lowest BCUT2D eigenvalue weighted by Gasteiger charge is -2.37. The molecule has 1 saturated heterocycles. The van der Waals surface area contributed by atoms with Crippen LogP contribution in [0.15, 0.2) is 5.76 Å². The summed E-state index contributed by atoms with van der Waals surface area (Å²) in [7, 11) is 0. The molecule has 1 saturated carbocycles. The molecule has 1 aromatic heterocycles. The number of carbonyl (C=O) groups excluding carboxylic acids is 1. The Morgan fingerprint density at radius 3 is 2.58 bits per heavy atom. The minimum atomic E-state index is -0.486. The highest BCUT2D eigenvalue weighted by Crippen LogP contribution is 2.50. The van der Waals surface area contributed by atoms with Crippen molar-refractivity contribution >= 4 is 23.4 Å². The third kappa shape index (κ3) is 3.81. The quantitative estimate of drug-likeness (QED) is 0.734. The third-order valence-electron chi connectivity index (χ3n) is 6.76. The summed E-state index contributed by atoms with van der Waals surface area (Å²) in [6.45, 7) is 8.30. The van der Waals surface area contributed by atoms with Gasteiger partial charge >= 0.3 is 6.09 Å². The number of aromatic nitrogens is 2. The normalized spacial score (nSPS) is 25.5. The van der Waals surface area contributed by atoms with Gasteiger partial charge in [-0.15, -0.1) is 0 Å². The molecule has 168 valence electrons. The zero-order valence-corrected chi connectivity index (χ0v) is 18.8. The van der Waals surface area contributed by atoms with Crippen LogP contribution in [0.2, 0.25) is 0 Å². The van der Waals surface area contributed by atoms with Gasteiger partial charge in [0.25, 0.3) is 0 Å². The molecule has 3 heterocycles. The van der Waals surface area contributed by atoms with E-state index in [1.165, 1.54) is 24.0 Å². The van der Waals surface area contributed by atoms with Crippen LogP contribution in [-0.4, -0.2) is 58.8 Å². The molecule has 2 aliphatic carbocycles. The first-order valence-electron chi connectivity index (χ1n) is 11.6. The van der Waals surface area contributed by atoms with Gasteiger partial charge in [0.2, 0.25) is 5.95 Å². The lowest BCUT2D eigenvalue weighted by Crippen LogP contribution is -2.50. The molecule has 1 aromatic rings. The van der Waals surface area contributed by atoms with Gasteiger partial charge < -0.3 is 25.0 Å². The second-order valence-corrected chi connectivity index (χ2v) is 10.1. The van der Waals surface area contributed by atoms with Crippen LogP contribution in [0.25, 0.3) is 5.57 Å². The number of allylic oxidation sites excluding steroid dienone is 1. The van der Waals surface area contributed by atoms with Crippen LogP contribution in [0.5, 0.6) is 0 Å². The summed E-state index contributed by atoms with van der Waals surface area (Å²) in [6, 6.07) is 0. The Hall–Kier alpha value is -2.51. The average molecular weight is 428 g/mol. The maximum Gasteiger partial charge on any atom is 0.410 e. The minimum Gasteiger partial charge on any atom is -0.494 e. The van der Waals surface area contributed by atoms with E-state index < -0.39 is 5.60 Å². The lowest BCUT2D eigenvalue weighted by atomic mass is 9.78. The van der Waals surface area contributed by atoms with Gasteiger partial charge in [-0.3, -0.25) is 0 Å². The van der Waals surface area contributed by atoms with Crippen molar-refractivity contribution in [2.24, 2.45) is 5.92 Å². The standard InChI is InChI=1S/C23H33N5O3/c1-23(2,3)31-22(29)28-12-10-27(11-13-28)20-15-8-9-17-18(19(15)25-21(24)26-20)14-6-4-5-7-16(14)30-17/h14,16H,4-13H2,1-3H3,(H2,24,25,26)/t14-,16-/m0/s1. The van der Waals surface area contributed by atoms with E-state index in [4.69, 9.17) is 20.2 Å². The number of carbonyl (C=O) groups is 1. The van der Waals surface area contributed by atoms with Crippen molar-refractivity contribution < 1.29 is 14.3 Å². The first-order chi connectivity index (χ1) is 14.8. The molecule has 2 fully saturated rings. The molecule has 0 unspecified atom stereocenters. The summed E-state index contributed by atoms with van der Waals surface area (Å²) in [6.07, 6.45) is 6.62. The minimum absolute atomic E-state index is 0.252. The van der Waals surface area contributed by atoms with E-state index in [1.807, 2.05) is 20.8 Å². The molecular weight excluding hydrogens is 394 g/mol. The molecule has 5 rings (SSSR count). The SMILES string of the molecule is CC(C)(C)OC(=O)N1CCN(c2nc(N)nc3c2CCC2=C3[C@H]3CCCC[C@@H]3O2)CC1. The monoisotopic (exact) mass is 427 g/mol. The van der Waals surface area contributed by atoms with E-state index in [0.29, 0.717) is 44.1 Å². The van der Waals surface area contributed by atoms with E-state index >= 15 is 0 Å². The zero-order chi connectivity index (χ0) is 21.8. The van der Waals surface area contributed by atoms with Crippen LogP contribution in [0.1, 0.15) is 64.1 Å². The van der Waals surface area contributed by atoms with Gasteiger partial charge in [-0.05, 0) is 46.5 Å². The predicted octanol–water partition coefficient (Wildman–Crippen LogP) is 3.36. The number of amides is 1. The van der Waals surface area contributed by atoms with Crippen molar-refractivity contribution in [1.29, 1.82) is 0 Å². The molecule has 0 aromatic carbocycles. The molecule has 2 atom stereocenters. The number of fused-ring (bicyclic) bond motifs is 4. The number of nitrogen functional groups attached to an aromatic ring is 1. The number of rotatable bonds is 1. The first-order valence-corrected chi connectivity index (χ1v) is 11.6. The third-order valence-corrected chi connectivity index (χ3v) is 6.76. The topological polar surface area (TPSA) is 93.8 Å². The molecule has 2 N–H and O–H groups in total. The molecule has 1 amide bonds. The molecule has 2 aliphatic heterocycles. The van der Waals surface area contributed by atoms with Crippen LogP contribution in [0, 0.1) is 5.92 Å². The lowest BCUT2D eigenvalue weighted by molar-refractivity contribution is 0.0240. The second kappa shape index (κ2) is 7.57. The van der Waals surface area contributed by atoms with Gasteiger partial charge in [-0.1, -0.05) is 6.42 Å². The van der Waals surface area contributed by atoms with Gasteiger partial charge in [-0.2, -0.15) is 4.98 Å². The summed E-state index contributed by atoms with van der Waals surface area (Å²) in [5.41, 5.74) is 9.18. The smallest absolute Gasteiger partial charge is 0.410 e. The average Bonchev–Trinajstić information content (AvgIpc) is 3.11. The van der Waals surface area contributed by atoms with Crippen molar-refractivity contribution in [3.05, 3.63) is 17.0 Å².